The van der Waals surface area contributed by atoms with Crippen molar-refractivity contribution in [3.05, 3.63) is 54.2 Å². The largest absolute Gasteiger partial charge is 0.481 e. The number of urea groups is 1. The van der Waals surface area contributed by atoms with Gasteiger partial charge in [-0.1, -0.05) is 30.3 Å². The molecule has 3 rings (SSSR count). The predicted molar refractivity (Wildman–Crippen MR) is 103 cm³/mol. The first-order chi connectivity index (χ1) is 13.6. The van der Waals surface area contributed by atoms with Crippen LogP contribution in [0.5, 0.6) is 5.88 Å². The van der Waals surface area contributed by atoms with Gasteiger partial charge in [-0.2, -0.15) is 0 Å². The summed E-state index contributed by atoms with van der Waals surface area (Å²) in [5, 5.41) is 5.36. The summed E-state index contributed by atoms with van der Waals surface area (Å²) in [5.41, 5.74) is 1.59. The van der Waals surface area contributed by atoms with E-state index in [1.54, 1.807) is 12.1 Å². The van der Waals surface area contributed by atoms with Crippen molar-refractivity contribution in [2.24, 2.45) is 0 Å². The van der Waals surface area contributed by atoms with Gasteiger partial charge in [-0.15, -0.1) is 0 Å². The van der Waals surface area contributed by atoms with E-state index in [4.69, 9.17) is 4.74 Å². The molecule has 0 unspecified atom stereocenters. The first-order valence-corrected chi connectivity index (χ1v) is 9.02. The highest BCUT2D eigenvalue weighted by atomic mass is 16.5. The minimum Gasteiger partial charge on any atom is -0.481 e. The van der Waals surface area contributed by atoms with E-state index >= 15 is 0 Å². The van der Waals surface area contributed by atoms with Crippen molar-refractivity contribution in [3.63, 3.8) is 0 Å². The summed E-state index contributed by atoms with van der Waals surface area (Å²) >= 11 is 0. The Bertz CT molecular complexity index is 839. The smallest absolute Gasteiger partial charge is 0.324 e. The number of carbonyl (C=O) groups is 3. The fourth-order valence-corrected chi connectivity index (χ4v) is 2.94. The summed E-state index contributed by atoms with van der Waals surface area (Å²) in [4.78, 5) is 41.9. The van der Waals surface area contributed by atoms with Crippen LogP contribution in [0.3, 0.4) is 0 Å². The topological polar surface area (TPSA) is 101 Å². The molecule has 2 heterocycles. The lowest BCUT2D eigenvalue weighted by molar-refractivity contribution is -0.127. The Kier molecular flexibility index (Phi) is 6.21. The third-order valence-corrected chi connectivity index (χ3v) is 4.46. The number of imide groups is 1. The molecular weight excluding hydrogens is 360 g/mol. The number of anilines is 1. The number of methoxy groups -OCH3 is 1. The molecule has 2 aromatic rings. The Balaban J connectivity index is 1.47. The number of hydrogen-bond donors (Lipinski definition) is 2. The molecular formula is C20H22N4O4. The Hall–Kier alpha value is -3.42. The van der Waals surface area contributed by atoms with Crippen LogP contribution >= 0.6 is 0 Å². The van der Waals surface area contributed by atoms with Gasteiger partial charge in [0.25, 0.3) is 5.91 Å². The number of rotatable bonds is 8. The number of benzene rings is 1. The van der Waals surface area contributed by atoms with Crippen LogP contribution in [-0.4, -0.2) is 47.4 Å². The van der Waals surface area contributed by atoms with Gasteiger partial charge in [0.05, 0.1) is 19.0 Å². The standard InChI is InChI=1S/C20H22N4O4/c1-28-18-10-7-15(13-21-18)22-17(25)9-8-16-19(26)24(20(27)23-16)12-11-14-5-3-2-4-6-14/h2-7,10,13,16H,8-9,11-12H2,1H3,(H,22,25)(H,23,27)/t16-/m0/s1. The second kappa shape index (κ2) is 8.98. The number of amides is 4. The lowest BCUT2D eigenvalue weighted by Crippen LogP contribution is -2.33. The van der Waals surface area contributed by atoms with E-state index < -0.39 is 12.1 Å². The van der Waals surface area contributed by atoms with Gasteiger partial charge in [0.1, 0.15) is 6.04 Å². The molecule has 1 fully saturated rings. The van der Waals surface area contributed by atoms with Crippen molar-refractivity contribution < 1.29 is 19.1 Å². The quantitative estimate of drug-likeness (QED) is 0.680. The van der Waals surface area contributed by atoms with Gasteiger partial charge >= 0.3 is 6.03 Å². The Labute approximate surface area is 162 Å². The van der Waals surface area contributed by atoms with Crippen molar-refractivity contribution in [3.8, 4) is 5.88 Å². The third-order valence-electron chi connectivity index (χ3n) is 4.46. The Morgan fingerprint density at radius 1 is 1.21 bits per heavy atom. The number of carbonyl (C=O) groups excluding carboxylic acids is 3. The number of aromatic nitrogens is 1. The van der Waals surface area contributed by atoms with Crippen LogP contribution in [0.4, 0.5) is 10.5 Å². The maximum absolute atomic E-state index is 12.5. The van der Waals surface area contributed by atoms with E-state index in [0.29, 0.717) is 24.5 Å². The highest BCUT2D eigenvalue weighted by Gasteiger charge is 2.37. The average Bonchev–Trinajstić information content (AvgIpc) is 2.99. The summed E-state index contributed by atoms with van der Waals surface area (Å²) in [6.45, 7) is 0.314. The number of ether oxygens (including phenoxy) is 1. The molecule has 8 nitrogen and oxygen atoms in total. The summed E-state index contributed by atoms with van der Waals surface area (Å²) < 4.78 is 4.96. The lowest BCUT2D eigenvalue weighted by Gasteiger charge is -2.13. The highest BCUT2D eigenvalue weighted by Crippen LogP contribution is 2.15. The molecule has 0 aliphatic carbocycles. The zero-order valence-electron chi connectivity index (χ0n) is 15.6. The third kappa shape index (κ3) is 4.85. The molecule has 0 bridgehead atoms. The minimum atomic E-state index is -0.678. The van der Waals surface area contributed by atoms with E-state index in [2.05, 4.69) is 15.6 Å². The van der Waals surface area contributed by atoms with Crippen LogP contribution in [0.15, 0.2) is 48.7 Å². The molecule has 8 heteroatoms. The van der Waals surface area contributed by atoms with Gasteiger partial charge in [0, 0.05) is 19.0 Å². The second-order valence-electron chi connectivity index (χ2n) is 6.40. The van der Waals surface area contributed by atoms with Crippen molar-refractivity contribution >= 4 is 23.5 Å². The number of nitrogens with one attached hydrogen (secondary N) is 2. The second-order valence-corrected chi connectivity index (χ2v) is 6.40. The normalized spacial score (nSPS) is 16.0. The van der Waals surface area contributed by atoms with Gasteiger partial charge in [-0.05, 0) is 24.5 Å². The molecule has 1 aromatic heterocycles. The highest BCUT2D eigenvalue weighted by molar-refractivity contribution is 6.04. The maximum atomic E-state index is 12.5. The first kappa shape index (κ1) is 19.3. The van der Waals surface area contributed by atoms with Crippen LogP contribution in [-0.2, 0) is 16.0 Å². The van der Waals surface area contributed by atoms with E-state index in [1.165, 1.54) is 18.2 Å². The van der Waals surface area contributed by atoms with Crippen LogP contribution in [0.25, 0.3) is 0 Å². The Morgan fingerprint density at radius 2 is 2.00 bits per heavy atom. The molecule has 1 aliphatic rings. The maximum Gasteiger partial charge on any atom is 0.324 e. The summed E-state index contributed by atoms with van der Waals surface area (Å²) in [7, 11) is 1.51. The molecule has 28 heavy (non-hydrogen) atoms. The van der Waals surface area contributed by atoms with Crippen LogP contribution in [0.1, 0.15) is 18.4 Å². The van der Waals surface area contributed by atoms with Gasteiger partial charge in [-0.3, -0.25) is 14.5 Å². The molecule has 0 radical (unpaired) electrons. The van der Waals surface area contributed by atoms with Crippen LogP contribution in [0.2, 0.25) is 0 Å². The average molecular weight is 382 g/mol. The van der Waals surface area contributed by atoms with Crippen LogP contribution in [0, 0.1) is 0 Å². The van der Waals surface area contributed by atoms with Gasteiger partial charge in [0.15, 0.2) is 0 Å². The van der Waals surface area contributed by atoms with E-state index in [-0.39, 0.29) is 24.7 Å². The van der Waals surface area contributed by atoms with Crippen molar-refractivity contribution in [2.75, 3.05) is 19.0 Å². The van der Waals surface area contributed by atoms with Crippen molar-refractivity contribution in [2.45, 2.75) is 25.3 Å². The molecule has 2 N–H and O–H groups in total. The summed E-state index contributed by atoms with van der Waals surface area (Å²) in [6, 6.07) is 11.9. The molecule has 146 valence electrons. The first-order valence-electron chi connectivity index (χ1n) is 9.02. The fraction of sp³-hybridized carbons (Fsp3) is 0.300. The summed E-state index contributed by atoms with van der Waals surface area (Å²) in [6.07, 6.45) is 2.43. The van der Waals surface area contributed by atoms with E-state index in [9.17, 15) is 14.4 Å². The zero-order valence-corrected chi connectivity index (χ0v) is 15.6. The molecule has 1 aromatic carbocycles. The molecule has 0 saturated carbocycles. The number of pyridine rings is 1. The SMILES string of the molecule is COc1ccc(NC(=O)CC[C@@H]2NC(=O)N(CCc3ccccc3)C2=O)cn1. The monoisotopic (exact) mass is 382 g/mol. The minimum absolute atomic E-state index is 0.106. The predicted octanol–water partition coefficient (Wildman–Crippen LogP) is 1.97. The van der Waals surface area contributed by atoms with Crippen molar-refractivity contribution in [1.29, 1.82) is 0 Å². The zero-order chi connectivity index (χ0) is 19.9. The summed E-state index contributed by atoms with van der Waals surface area (Å²) in [5.74, 6) is -0.0931. The van der Waals surface area contributed by atoms with Crippen molar-refractivity contribution in [1.82, 2.24) is 15.2 Å². The van der Waals surface area contributed by atoms with Gasteiger partial charge in [-0.25, -0.2) is 9.78 Å². The van der Waals surface area contributed by atoms with Gasteiger partial charge in [0.2, 0.25) is 11.8 Å². The molecule has 4 amide bonds. The lowest BCUT2D eigenvalue weighted by atomic mass is 10.1. The molecule has 1 aliphatic heterocycles. The Morgan fingerprint density at radius 3 is 2.68 bits per heavy atom. The number of nitrogens with zero attached hydrogens (tertiary/aromatic N) is 2. The van der Waals surface area contributed by atoms with E-state index in [0.717, 1.165) is 5.56 Å². The molecule has 0 spiro atoms. The molecule has 1 atom stereocenters. The molecule has 1 saturated heterocycles. The van der Waals surface area contributed by atoms with Gasteiger partial charge < -0.3 is 15.4 Å². The van der Waals surface area contributed by atoms with E-state index in [1.807, 2.05) is 30.3 Å². The van der Waals surface area contributed by atoms with Crippen LogP contribution < -0.4 is 15.4 Å². The fourth-order valence-electron chi connectivity index (χ4n) is 2.94. The number of hydrogen-bond acceptors (Lipinski definition) is 5.